The molecule has 86 valence electrons. The normalized spacial score (nSPS) is 29.6. The third kappa shape index (κ3) is 1.75. The van der Waals surface area contributed by atoms with Gasteiger partial charge in [0.15, 0.2) is 0 Å². The summed E-state index contributed by atoms with van der Waals surface area (Å²) >= 11 is 0. The molecule has 0 aromatic heterocycles. The van der Waals surface area contributed by atoms with Crippen molar-refractivity contribution in [2.24, 2.45) is 0 Å². The first-order chi connectivity index (χ1) is 7.84. The molecule has 1 aromatic rings. The van der Waals surface area contributed by atoms with Crippen LogP contribution < -0.4 is 0 Å². The highest BCUT2D eigenvalue weighted by Crippen LogP contribution is 2.36. The van der Waals surface area contributed by atoms with Crippen LogP contribution in [0.3, 0.4) is 0 Å². The number of rotatable bonds is 2. The van der Waals surface area contributed by atoms with Crippen LogP contribution in [0.5, 0.6) is 0 Å². The van der Waals surface area contributed by atoms with Crippen molar-refractivity contribution in [2.45, 2.75) is 50.7 Å². The zero-order chi connectivity index (χ0) is 11.0. The van der Waals surface area contributed by atoms with E-state index in [-0.39, 0.29) is 5.82 Å². The van der Waals surface area contributed by atoms with Crippen molar-refractivity contribution in [1.82, 2.24) is 4.90 Å². The van der Waals surface area contributed by atoms with Gasteiger partial charge in [0.1, 0.15) is 5.82 Å². The first-order valence-corrected chi connectivity index (χ1v) is 6.34. The Morgan fingerprint density at radius 3 is 2.44 bits per heavy atom. The van der Waals surface area contributed by atoms with Crippen LogP contribution in [-0.4, -0.2) is 17.0 Å². The zero-order valence-electron chi connectivity index (χ0n) is 9.53. The van der Waals surface area contributed by atoms with Crippen molar-refractivity contribution in [1.29, 1.82) is 0 Å². The maximum atomic E-state index is 13.6. The molecule has 2 heterocycles. The number of nitrogens with zero attached hydrogens (tertiary/aromatic N) is 1. The SMILES string of the molecule is Fc1ccccc1CN1[C@@H]2CCC[C@H]1CC2. The van der Waals surface area contributed by atoms with E-state index in [1.165, 1.54) is 32.1 Å². The van der Waals surface area contributed by atoms with Gasteiger partial charge in [0.05, 0.1) is 0 Å². The van der Waals surface area contributed by atoms with E-state index in [4.69, 9.17) is 0 Å². The number of benzene rings is 1. The van der Waals surface area contributed by atoms with Crippen LogP contribution >= 0.6 is 0 Å². The van der Waals surface area contributed by atoms with E-state index >= 15 is 0 Å². The van der Waals surface area contributed by atoms with Crippen LogP contribution in [0.2, 0.25) is 0 Å². The topological polar surface area (TPSA) is 3.24 Å². The predicted molar refractivity (Wildman–Crippen MR) is 62.6 cm³/mol. The summed E-state index contributed by atoms with van der Waals surface area (Å²) in [6.07, 6.45) is 6.62. The van der Waals surface area contributed by atoms with Crippen molar-refractivity contribution in [2.75, 3.05) is 0 Å². The first kappa shape index (κ1) is 10.3. The van der Waals surface area contributed by atoms with Crippen molar-refractivity contribution in [3.8, 4) is 0 Å². The van der Waals surface area contributed by atoms with Gasteiger partial charge < -0.3 is 0 Å². The minimum atomic E-state index is -0.0486. The summed E-state index contributed by atoms with van der Waals surface area (Å²) in [4.78, 5) is 2.53. The molecule has 2 saturated heterocycles. The van der Waals surface area contributed by atoms with Gasteiger partial charge in [-0.2, -0.15) is 0 Å². The Bertz CT molecular complexity index is 361. The fourth-order valence-corrected chi connectivity index (χ4v) is 3.31. The zero-order valence-corrected chi connectivity index (χ0v) is 9.53. The molecule has 0 aliphatic carbocycles. The van der Waals surface area contributed by atoms with E-state index < -0.39 is 0 Å². The minimum absolute atomic E-state index is 0.0486. The molecule has 0 amide bonds. The van der Waals surface area contributed by atoms with Crippen LogP contribution in [0.4, 0.5) is 4.39 Å². The van der Waals surface area contributed by atoms with E-state index in [1.807, 2.05) is 12.1 Å². The minimum Gasteiger partial charge on any atom is -0.293 e. The smallest absolute Gasteiger partial charge is 0.127 e. The average molecular weight is 219 g/mol. The van der Waals surface area contributed by atoms with E-state index in [9.17, 15) is 4.39 Å². The molecule has 0 unspecified atom stereocenters. The van der Waals surface area contributed by atoms with Crippen molar-refractivity contribution < 1.29 is 4.39 Å². The van der Waals surface area contributed by atoms with Crippen LogP contribution in [-0.2, 0) is 6.54 Å². The third-order valence-corrected chi connectivity index (χ3v) is 4.16. The molecule has 2 atom stereocenters. The fourth-order valence-electron chi connectivity index (χ4n) is 3.31. The Morgan fingerprint density at radius 1 is 1.06 bits per heavy atom. The second-order valence-corrected chi connectivity index (χ2v) is 5.08. The lowest BCUT2D eigenvalue weighted by molar-refractivity contribution is 0.130. The molecule has 2 aliphatic heterocycles. The van der Waals surface area contributed by atoms with Gasteiger partial charge in [-0.1, -0.05) is 24.6 Å². The maximum Gasteiger partial charge on any atom is 0.127 e. The number of halogens is 1. The largest absolute Gasteiger partial charge is 0.293 e. The molecule has 0 radical (unpaired) electrons. The summed E-state index contributed by atoms with van der Waals surface area (Å²) in [6, 6.07) is 8.63. The lowest BCUT2D eigenvalue weighted by atomic mass is 10.0. The summed E-state index contributed by atoms with van der Waals surface area (Å²) in [5.74, 6) is -0.0486. The molecule has 2 aliphatic rings. The Balaban J connectivity index is 1.78. The standard InChI is InChI=1S/C14H18FN/c15-14-7-2-1-4-11(14)10-16-12-5-3-6-13(16)9-8-12/h1-2,4,7,12-13H,3,5-6,8-10H2/t12-,13+. The number of fused-ring (bicyclic) bond motifs is 2. The van der Waals surface area contributed by atoms with E-state index in [2.05, 4.69) is 4.90 Å². The van der Waals surface area contributed by atoms with Crippen LogP contribution in [0.25, 0.3) is 0 Å². The summed E-state index contributed by atoms with van der Waals surface area (Å²) in [7, 11) is 0. The molecular formula is C14H18FN. The maximum absolute atomic E-state index is 13.6. The van der Waals surface area contributed by atoms with Gasteiger partial charge in [0, 0.05) is 24.2 Å². The molecule has 0 spiro atoms. The van der Waals surface area contributed by atoms with Gasteiger partial charge in [-0.15, -0.1) is 0 Å². The van der Waals surface area contributed by atoms with Crippen LogP contribution in [0.1, 0.15) is 37.7 Å². The highest BCUT2D eigenvalue weighted by Gasteiger charge is 2.36. The summed E-state index contributed by atoms with van der Waals surface area (Å²) in [6.45, 7) is 0.808. The summed E-state index contributed by atoms with van der Waals surface area (Å²) in [5.41, 5.74) is 0.862. The van der Waals surface area contributed by atoms with E-state index in [0.717, 1.165) is 24.2 Å². The van der Waals surface area contributed by atoms with E-state index in [1.54, 1.807) is 12.1 Å². The van der Waals surface area contributed by atoms with Gasteiger partial charge >= 0.3 is 0 Å². The van der Waals surface area contributed by atoms with Crippen LogP contribution in [0, 0.1) is 5.82 Å². The highest BCUT2D eigenvalue weighted by atomic mass is 19.1. The fraction of sp³-hybridized carbons (Fsp3) is 0.571. The Kier molecular flexibility index (Phi) is 2.68. The molecule has 0 N–H and O–H groups in total. The first-order valence-electron chi connectivity index (χ1n) is 6.34. The van der Waals surface area contributed by atoms with Gasteiger partial charge in [-0.25, -0.2) is 4.39 Å². The Labute approximate surface area is 96.3 Å². The average Bonchev–Trinajstić information content (AvgIpc) is 2.53. The monoisotopic (exact) mass is 219 g/mol. The van der Waals surface area contributed by atoms with Crippen LogP contribution in [0.15, 0.2) is 24.3 Å². The molecule has 1 aromatic carbocycles. The molecular weight excluding hydrogens is 201 g/mol. The molecule has 16 heavy (non-hydrogen) atoms. The molecule has 2 bridgehead atoms. The third-order valence-electron chi connectivity index (χ3n) is 4.16. The molecule has 2 fully saturated rings. The molecule has 2 heteroatoms. The number of piperidine rings is 1. The van der Waals surface area contributed by atoms with Crippen molar-refractivity contribution in [3.05, 3.63) is 35.6 Å². The highest BCUT2D eigenvalue weighted by molar-refractivity contribution is 5.17. The van der Waals surface area contributed by atoms with Crippen molar-refractivity contribution >= 4 is 0 Å². The summed E-state index contributed by atoms with van der Waals surface area (Å²) < 4.78 is 13.6. The number of hydrogen-bond acceptors (Lipinski definition) is 1. The predicted octanol–water partition coefficient (Wildman–Crippen LogP) is 3.34. The Morgan fingerprint density at radius 2 is 1.75 bits per heavy atom. The van der Waals surface area contributed by atoms with Gasteiger partial charge in [0.2, 0.25) is 0 Å². The molecule has 0 saturated carbocycles. The van der Waals surface area contributed by atoms with Gasteiger partial charge in [-0.05, 0) is 31.7 Å². The molecule has 3 rings (SSSR count). The number of hydrogen-bond donors (Lipinski definition) is 0. The van der Waals surface area contributed by atoms with Gasteiger partial charge in [0.25, 0.3) is 0 Å². The lowest BCUT2D eigenvalue weighted by Crippen LogP contribution is -2.39. The second-order valence-electron chi connectivity index (χ2n) is 5.08. The second kappa shape index (κ2) is 4.17. The van der Waals surface area contributed by atoms with Gasteiger partial charge in [-0.3, -0.25) is 4.90 Å². The Hall–Kier alpha value is -0.890. The lowest BCUT2D eigenvalue weighted by Gasteiger charge is -2.34. The summed E-state index contributed by atoms with van der Waals surface area (Å²) in [5, 5.41) is 0. The molecule has 1 nitrogen and oxygen atoms in total. The van der Waals surface area contributed by atoms with E-state index in [0.29, 0.717) is 0 Å². The quantitative estimate of drug-likeness (QED) is 0.737. The van der Waals surface area contributed by atoms with Crippen molar-refractivity contribution in [3.63, 3.8) is 0 Å².